The molecule has 1 aliphatic heterocycles. The molecule has 0 aliphatic carbocycles. The fourth-order valence-corrected chi connectivity index (χ4v) is 2.17. The van der Waals surface area contributed by atoms with Gasteiger partial charge in [-0.1, -0.05) is 18.0 Å². The lowest BCUT2D eigenvalue weighted by molar-refractivity contribution is 0.151. The molecule has 0 saturated carbocycles. The highest BCUT2D eigenvalue weighted by Gasteiger charge is 2.09. The first kappa shape index (κ1) is 11.7. The van der Waals surface area contributed by atoms with Gasteiger partial charge in [-0.3, -0.25) is 5.43 Å². The maximum absolute atomic E-state index is 5.94. The Morgan fingerprint density at radius 3 is 2.75 bits per heavy atom. The standard InChI is InChI=1S/C12H18ClN3/c13-11-4-5-12(14)10(8-11)9-15-16-6-2-1-3-7-16/h4-5,8,15H,1-3,6-7,9,14H2. The first-order valence-electron chi connectivity index (χ1n) is 5.78. The smallest absolute Gasteiger partial charge is 0.0410 e. The highest BCUT2D eigenvalue weighted by molar-refractivity contribution is 6.30. The lowest BCUT2D eigenvalue weighted by Gasteiger charge is -2.27. The van der Waals surface area contributed by atoms with Crippen molar-refractivity contribution in [2.75, 3.05) is 18.8 Å². The van der Waals surface area contributed by atoms with E-state index in [0.717, 1.165) is 35.9 Å². The number of nitrogen functional groups attached to an aromatic ring is 1. The number of hydrazine groups is 1. The van der Waals surface area contributed by atoms with Crippen LogP contribution < -0.4 is 11.2 Å². The van der Waals surface area contributed by atoms with E-state index in [1.807, 2.05) is 18.2 Å². The summed E-state index contributed by atoms with van der Waals surface area (Å²) < 4.78 is 0. The minimum Gasteiger partial charge on any atom is -0.398 e. The second-order valence-corrected chi connectivity index (χ2v) is 4.66. The van der Waals surface area contributed by atoms with Gasteiger partial charge in [0.1, 0.15) is 0 Å². The number of hydrogen-bond donors (Lipinski definition) is 2. The Bertz CT molecular complexity index is 348. The van der Waals surface area contributed by atoms with Crippen molar-refractivity contribution in [3.8, 4) is 0 Å². The van der Waals surface area contributed by atoms with E-state index in [1.54, 1.807) is 0 Å². The Hall–Kier alpha value is -0.770. The van der Waals surface area contributed by atoms with E-state index in [9.17, 15) is 0 Å². The minimum atomic E-state index is 0.740. The van der Waals surface area contributed by atoms with Gasteiger partial charge in [-0.15, -0.1) is 0 Å². The van der Waals surface area contributed by atoms with Crippen molar-refractivity contribution in [3.63, 3.8) is 0 Å². The van der Waals surface area contributed by atoms with E-state index in [2.05, 4.69) is 10.4 Å². The molecule has 3 N–H and O–H groups in total. The number of nitrogens with two attached hydrogens (primary N) is 1. The molecule has 88 valence electrons. The molecule has 0 amide bonds. The molecule has 1 aliphatic rings. The largest absolute Gasteiger partial charge is 0.398 e. The van der Waals surface area contributed by atoms with E-state index in [0.29, 0.717) is 0 Å². The van der Waals surface area contributed by atoms with Crippen LogP contribution in [0.25, 0.3) is 0 Å². The van der Waals surface area contributed by atoms with Crippen LogP contribution in [0.1, 0.15) is 24.8 Å². The monoisotopic (exact) mass is 239 g/mol. The summed E-state index contributed by atoms with van der Waals surface area (Å²) in [7, 11) is 0. The summed E-state index contributed by atoms with van der Waals surface area (Å²) in [5.74, 6) is 0. The molecule has 0 atom stereocenters. The summed E-state index contributed by atoms with van der Waals surface area (Å²) in [4.78, 5) is 0. The maximum atomic E-state index is 5.94. The first-order chi connectivity index (χ1) is 7.75. The fraction of sp³-hybridized carbons (Fsp3) is 0.500. The van der Waals surface area contributed by atoms with Gasteiger partial charge in [-0.2, -0.15) is 0 Å². The van der Waals surface area contributed by atoms with Gasteiger partial charge in [0.05, 0.1) is 0 Å². The highest BCUT2D eigenvalue weighted by Crippen LogP contribution is 2.18. The van der Waals surface area contributed by atoms with Crippen LogP contribution in [0.15, 0.2) is 18.2 Å². The average Bonchev–Trinajstić information content (AvgIpc) is 2.32. The van der Waals surface area contributed by atoms with Crippen molar-refractivity contribution < 1.29 is 0 Å². The number of nitrogens with one attached hydrogen (secondary N) is 1. The van der Waals surface area contributed by atoms with Crippen molar-refractivity contribution in [2.45, 2.75) is 25.8 Å². The zero-order valence-electron chi connectivity index (χ0n) is 9.38. The van der Waals surface area contributed by atoms with Gasteiger partial charge in [0, 0.05) is 30.3 Å². The molecule has 4 heteroatoms. The molecule has 1 fully saturated rings. The lowest BCUT2D eigenvalue weighted by Crippen LogP contribution is -2.41. The van der Waals surface area contributed by atoms with Gasteiger partial charge in [0.2, 0.25) is 0 Å². The molecule has 0 aromatic heterocycles. The predicted octanol–water partition coefficient (Wildman–Crippen LogP) is 2.41. The Kier molecular flexibility index (Phi) is 4.04. The van der Waals surface area contributed by atoms with Gasteiger partial charge in [0.15, 0.2) is 0 Å². The third-order valence-corrected chi connectivity index (χ3v) is 3.19. The predicted molar refractivity (Wildman–Crippen MR) is 68.1 cm³/mol. The van der Waals surface area contributed by atoms with Crippen LogP contribution in [0, 0.1) is 0 Å². The van der Waals surface area contributed by atoms with E-state index in [1.165, 1.54) is 19.3 Å². The number of benzene rings is 1. The van der Waals surface area contributed by atoms with Crippen molar-refractivity contribution in [1.29, 1.82) is 0 Å². The molecule has 1 saturated heterocycles. The molecule has 0 bridgehead atoms. The number of anilines is 1. The summed E-state index contributed by atoms with van der Waals surface area (Å²) >= 11 is 5.94. The van der Waals surface area contributed by atoms with Gasteiger partial charge < -0.3 is 5.73 Å². The zero-order valence-corrected chi connectivity index (χ0v) is 10.1. The number of piperidine rings is 1. The maximum Gasteiger partial charge on any atom is 0.0410 e. The second-order valence-electron chi connectivity index (χ2n) is 4.23. The van der Waals surface area contributed by atoms with Crippen molar-refractivity contribution >= 4 is 17.3 Å². The third kappa shape index (κ3) is 3.11. The molecule has 0 radical (unpaired) electrons. The van der Waals surface area contributed by atoms with Crippen molar-refractivity contribution in [2.24, 2.45) is 0 Å². The van der Waals surface area contributed by atoms with E-state index < -0.39 is 0 Å². The van der Waals surface area contributed by atoms with Gasteiger partial charge in [-0.05, 0) is 36.6 Å². The third-order valence-electron chi connectivity index (χ3n) is 2.95. The number of nitrogens with zero attached hydrogens (tertiary/aromatic N) is 1. The molecule has 2 rings (SSSR count). The van der Waals surface area contributed by atoms with Crippen LogP contribution in [0.4, 0.5) is 5.69 Å². The number of rotatable bonds is 3. The molecule has 16 heavy (non-hydrogen) atoms. The van der Waals surface area contributed by atoms with Crippen LogP contribution in [-0.2, 0) is 6.54 Å². The Labute approximate surface area is 102 Å². The van der Waals surface area contributed by atoms with Gasteiger partial charge in [-0.25, -0.2) is 5.01 Å². The van der Waals surface area contributed by atoms with Crippen LogP contribution >= 0.6 is 11.6 Å². The summed E-state index contributed by atoms with van der Waals surface area (Å²) in [6.07, 6.45) is 3.90. The molecule has 1 aromatic rings. The molecule has 0 spiro atoms. The normalized spacial score (nSPS) is 17.6. The summed E-state index contributed by atoms with van der Waals surface area (Å²) in [6.45, 7) is 3.01. The summed E-state index contributed by atoms with van der Waals surface area (Å²) in [5.41, 5.74) is 11.2. The van der Waals surface area contributed by atoms with E-state index in [4.69, 9.17) is 17.3 Å². The molecule has 0 unspecified atom stereocenters. The first-order valence-corrected chi connectivity index (χ1v) is 6.16. The van der Waals surface area contributed by atoms with E-state index in [-0.39, 0.29) is 0 Å². The highest BCUT2D eigenvalue weighted by atomic mass is 35.5. The summed E-state index contributed by atoms with van der Waals surface area (Å²) in [6, 6.07) is 5.60. The van der Waals surface area contributed by atoms with E-state index >= 15 is 0 Å². The average molecular weight is 240 g/mol. The number of halogens is 1. The molecule has 3 nitrogen and oxygen atoms in total. The molecule has 1 aromatic carbocycles. The Morgan fingerprint density at radius 1 is 1.25 bits per heavy atom. The fourth-order valence-electron chi connectivity index (χ4n) is 1.98. The van der Waals surface area contributed by atoms with Crippen LogP contribution in [0.5, 0.6) is 0 Å². The topological polar surface area (TPSA) is 41.3 Å². The lowest BCUT2D eigenvalue weighted by atomic mass is 10.1. The van der Waals surface area contributed by atoms with Crippen LogP contribution in [-0.4, -0.2) is 18.1 Å². The molecule has 1 heterocycles. The summed E-state index contributed by atoms with van der Waals surface area (Å²) in [5, 5.41) is 3.01. The minimum absolute atomic E-state index is 0.740. The van der Waals surface area contributed by atoms with Crippen LogP contribution in [0.3, 0.4) is 0 Å². The molecular weight excluding hydrogens is 222 g/mol. The van der Waals surface area contributed by atoms with Crippen LogP contribution in [0.2, 0.25) is 5.02 Å². The second kappa shape index (κ2) is 5.53. The zero-order chi connectivity index (χ0) is 11.4. The quantitative estimate of drug-likeness (QED) is 0.796. The van der Waals surface area contributed by atoms with Gasteiger partial charge in [0.25, 0.3) is 0 Å². The van der Waals surface area contributed by atoms with Crippen molar-refractivity contribution in [3.05, 3.63) is 28.8 Å². The Morgan fingerprint density at radius 2 is 2.00 bits per heavy atom. The Balaban J connectivity index is 1.90. The number of hydrogen-bond acceptors (Lipinski definition) is 3. The van der Waals surface area contributed by atoms with Gasteiger partial charge >= 0.3 is 0 Å². The molecular formula is C12H18ClN3. The van der Waals surface area contributed by atoms with Crippen molar-refractivity contribution in [1.82, 2.24) is 10.4 Å². The SMILES string of the molecule is Nc1ccc(Cl)cc1CNN1CCCCC1.